The molecule has 1 amide bonds. The molecule has 0 aliphatic heterocycles. The van der Waals surface area contributed by atoms with Crippen LogP contribution >= 0.6 is 67.8 Å². The van der Waals surface area contributed by atoms with Gasteiger partial charge in [-0.3, -0.25) is 4.79 Å². The summed E-state index contributed by atoms with van der Waals surface area (Å²) in [5.41, 5.74) is -0.217. The van der Waals surface area contributed by atoms with E-state index in [4.69, 9.17) is 0 Å². The second-order valence-corrected chi connectivity index (χ2v) is 11.1. The first kappa shape index (κ1) is 28.4. The van der Waals surface area contributed by atoms with Crippen LogP contribution in [0.5, 0.6) is 0 Å². The Bertz CT molecular complexity index is 1190. The molecule has 0 spiro atoms. The highest BCUT2D eigenvalue weighted by molar-refractivity contribution is 14.1. The van der Waals surface area contributed by atoms with Crippen LogP contribution in [0.1, 0.15) is 20.7 Å². The molecule has 0 fully saturated rings. The van der Waals surface area contributed by atoms with Crippen molar-refractivity contribution in [3.8, 4) is 0 Å². The fourth-order valence-electron chi connectivity index (χ4n) is 2.24. The second kappa shape index (κ2) is 10.4. The summed E-state index contributed by atoms with van der Waals surface area (Å²) in [5, 5.41) is -3.44. The molecule has 0 saturated carbocycles. The molecule has 1 N–H and O–H groups in total. The van der Waals surface area contributed by atoms with Crippen LogP contribution in [0.2, 0.25) is 0 Å². The third kappa shape index (κ3) is 6.84. The monoisotopic (exact) mass is 830 g/mol. The molecular weight excluding hydrogens is 822 g/mol. The summed E-state index contributed by atoms with van der Waals surface area (Å²) in [6.07, 6.45) is -10.6. The smallest absolute Gasteiger partial charge is 0.432 e. The van der Waals surface area contributed by atoms with Crippen LogP contribution in [0.25, 0.3) is 0 Å². The molecule has 180 valence electrons. The van der Waals surface area contributed by atoms with Gasteiger partial charge in [0.05, 0.1) is 11.1 Å². The normalized spacial score (nSPS) is 13.4. The predicted molar refractivity (Wildman–Crippen MR) is 129 cm³/mol. The van der Waals surface area contributed by atoms with Crippen molar-refractivity contribution < 1.29 is 49.2 Å². The lowest BCUT2D eigenvalue weighted by atomic mass is 10.2. The van der Waals surface area contributed by atoms with Gasteiger partial charge in [-0.15, -0.1) is 0 Å². The third-order valence-electron chi connectivity index (χ3n) is 3.78. The number of alkyl halides is 5. The van der Waals surface area contributed by atoms with Gasteiger partial charge in [0.2, 0.25) is 0 Å². The molecule has 0 saturated heterocycles. The van der Waals surface area contributed by atoms with Crippen LogP contribution in [-0.2, 0) is 14.9 Å². The lowest BCUT2D eigenvalue weighted by Crippen LogP contribution is -2.52. The van der Waals surface area contributed by atoms with Gasteiger partial charge in [0.1, 0.15) is 0 Å². The van der Waals surface area contributed by atoms with Gasteiger partial charge in [-0.2, -0.15) is 22.0 Å². The number of hydrogen-bond acceptors (Lipinski definition) is 6. The van der Waals surface area contributed by atoms with E-state index in [0.717, 1.165) is 31.4 Å². The highest BCUT2D eigenvalue weighted by Gasteiger charge is 2.63. The Hall–Kier alpha value is -0.870. The molecule has 2 rings (SSSR count). The maximum absolute atomic E-state index is 13.5. The van der Waals surface area contributed by atoms with Crippen LogP contribution in [0.15, 0.2) is 36.4 Å². The molecule has 1 atom stereocenters. The van der Waals surface area contributed by atoms with Gasteiger partial charge >= 0.3 is 17.4 Å². The molecule has 16 heteroatoms. The van der Waals surface area contributed by atoms with Gasteiger partial charge in [0.25, 0.3) is 12.0 Å². The minimum atomic E-state index is -6.80. The van der Waals surface area contributed by atoms with Crippen LogP contribution in [0.3, 0.4) is 0 Å². The van der Waals surface area contributed by atoms with E-state index < -0.39 is 45.1 Å². The number of hydrogen-bond donors (Lipinski definition) is 1. The van der Waals surface area contributed by atoms with E-state index >= 15 is 0 Å². The minimum absolute atomic E-state index is 0.112. The van der Waals surface area contributed by atoms with Crippen LogP contribution in [-0.4, -0.2) is 42.4 Å². The van der Waals surface area contributed by atoms with Crippen molar-refractivity contribution in [2.75, 3.05) is 5.32 Å². The fraction of sp³-hybridized carbons (Fsp3) is 0.176. The number of carbonyl (C=O) groups is 2. The zero-order valence-corrected chi connectivity index (χ0v) is 22.7. The average Bonchev–Trinajstić information content (AvgIpc) is 2.67. The number of anilines is 1. The summed E-state index contributed by atoms with van der Waals surface area (Å²) in [6, 6.07) is 7.36. The van der Waals surface area contributed by atoms with Crippen molar-refractivity contribution in [3.63, 3.8) is 0 Å². The zero-order valence-electron chi connectivity index (χ0n) is 15.4. The molecule has 0 aliphatic carbocycles. The van der Waals surface area contributed by atoms with E-state index in [-0.39, 0.29) is 5.69 Å². The quantitative estimate of drug-likeness (QED) is 0.145. The second-order valence-electron chi connectivity index (χ2n) is 6.12. The van der Waals surface area contributed by atoms with E-state index in [1.807, 2.05) is 73.8 Å². The minimum Gasteiger partial charge on any atom is -0.743 e. The molecule has 2 aromatic rings. The van der Waals surface area contributed by atoms with Gasteiger partial charge in [0.15, 0.2) is 10.1 Å². The number of rotatable bonds is 6. The molecule has 1 unspecified atom stereocenters. The lowest BCUT2D eigenvalue weighted by Gasteiger charge is -2.29. The third-order valence-corrected chi connectivity index (χ3v) is 8.33. The summed E-state index contributed by atoms with van der Waals surface area (Å²) >= 11 is 6.03. The first-order valence-electron chi connectivity index (χ1n) is 8.12. The largest absolute Gasteiger partial charge is 0.743 e. The van der Waals surface area contributed by atoms with Crippen molar-refractivity contribution in [3.05, 3.63) is 58.2 Å². The Morgan fingerprint density at radius 3 is 2.03 bits per heavy atom. The number of nitrogens with one attached hydrogen (secondary N) is 1. The number of halogens is 8. The van der Waals surface area contributed by atoms with Gasteiger partial charge < -0.3 is 14.6 Å². The summed E-state index contributed by atoms with van der Waals surface area (Å²) in [6.45, 7) is 0. The van der Waals surface area contributed by atoms with Crippen molar-refractivity contribution in [2.24, 2.45) is 0 Å². The van der Waals surface area contributed by atoms with Gasteiger partial charge in [0, 0.05) is 16.4 Å². The van der Waals surface area contributed by atoms with Crippen molar-refractivity contribution in [2.45, 2.75) is 17.5 Å². The molecule has 0 radical (unpaired) electrons. The molecule has 7 nitrogen and oxygen atoms in total. The summed E-state index contributed by atoms with van der Waals surface area (Å²) in [4.78, 5) is 24.4. The highest BCUT2D eigenvalue weighted by Crippen LogP contribution is 2.38. The summed E-state index contributed by atoms with van der Waals surface area (Å²) in [5.74, 6) is -2.48. The van der Waals surface area contributed by atoms with Crippen LogP contribution in [0.4, 0.5) is 27.6 Å². The standard InChI is InChI=1S/C17H9F5I3NO6S/c18-16(19,20)15(17(21,22)33(29,30)31)32-14(28)7-1-3-9(4-2-7)26-13(27)10-5-8(23)6-11(24)12(10)25/h1-6,15H,(H,26,27)(H,29,30,31)/p-1. The first-order valence-corrected chi connectivity index (χ1v) is 12.8. The van der Waals surface area contributed by atoms with Crippen molar-refractivity contribution in [1.82, 2.24) is 0 Å². The summed E-state index contributed by atoms with van der Waals surface area (Å²) in [7, 11) is -6.80. The van der Waals surface area contributed by atoms with Crippen molar-refractivity contribution in [1.29, 1.82) is 0 Å². The first-order chi connectivity index (χ1) is 14.9. The molecule has 2 aromatic carbocycles. The predicted octanol–water partition coefficient (Wildman–Crippen LogP) is 4.98. The Balaban J connectivity index is 2.22. The van der Waals surface area contributed by atoms with Crippen LogP contribution in [0, 0.1) is 10.7 Å². The molecule has 0 heterocycles. The van der Waals surface area contributed by atoms with Crippen molar-refractivity contribution >= 4 is 95.5 Å². The Morgan fingerprint density at radius 2 is 1.55 bits per heavy atom. The number of esters is 1. The molecule has 0 bridgehead atoms. The molecule has 33 heavy (non-hydrogen) atoms. The maximum atomic E-state index is 13.5. The van der Waals surface area contributed by atoms with Gasteiger partial charge in [-0.05, 0) is 104 Å². The molecular formula is C17H8F5I3NO6S-. The Kier molecular flexibility index (Phi) is 8.94. The molecule has 0 aliphatic rings. The summed E-state index contributed by atoms with van der Waals surface area (Å²) < 4.78 is 103. The topological polar surface area (TPSA) is 113 Å². The van der Waals surface area contributed by atoms with E-state index in [1.165, 1.54) is 0 Å². The Labute approximate surface area is 224 Å². The van der Waals surface area contributed by atoms with E-state index in [0.29, 0.717) is 9.13 Å². The molecule has 0 aromatic heterocycles. The maximum Gasteiger partial charge on any atom is 0.432 e. The number of carbonyl (C=O) groups excluding carboxylic acids is 2. The SMILES string of the molecule is O=C(OC(C(F)(F)F)C(F)(F)S(=O)(=O)[O-])c1ccc(NC(=O)c2cc(I)cc(I)c2I)cc1. The fourth-order valence-corrected chi connectivity index (χ4v) is 5.09. The lowest BCUT2D eigenvalue weighted by molar-refractivity contribution is -0.248. The van der Waals surface area contributed by atoms with E-state index in [1.54, 1.807) is 6.07 Å². The average molecular weight is 830 g/mol. The zero-order chi connectivity index (χ0) is 25.4. The van der Waals surface area contributed by atoms with E-state index in [9.17, 15) is 44.5 Å². The Morgan fingerprint density at radius 1 is 1.00 bits per heavy atom. The van der Waals surface area contributed by atoms with E-state index in [2.05, 4.69) is 10.1 Å². The van der Waals surface area contributed by atoms with Crippen LogP contribution < -0.4 is 5.32 Å². The van der Waals surface area contributed by atoms with Gasteiger partial charge in [-0.1, -0.05) is 0 Å². The van der Waals surface area contributed by atoms with Gasteiger partial charge in [-0.25, -0.2) is 13.2 Å². The number of benzene rings is 2. The number of amides is 1. The highest BCUT2D eigenvalue weighted by atomic mass is 127. The number of ether oxygens (including phenoxy) is 1.